The third kappa shape index (κ3) is 5.08. The fourth-order valence-corrected chi connectivity index (χ4v) is 3.20. The van der Waals surface area contributed by atoms with Crippen LogP contribution in [0.25, 0.3) is 0 Å². The monoisotopic (exact) mass is 387 g/mol. The fourth-order valence-electron chi connectivity index (χ4n) is 3.07. The van der Waals surface area contributed by atoms with Gasteiger partial charge in [0.2, 0.25) is 5.91 Å². The van der Waals surface area contributed by atoms with Crippen LogP contribution < -0.4 is 4.74 Å². The molecule has 0 bridgehead atoms. The van der Waals surface area contributed by atoms with Gasteiger partial charge in [0.1, 0.15) is 11.9 Å². The number of ketones is 1. The Morgan fingerprint density at radius 1 is 1.19 bits per heavy atom. The zero-order valence-corrected chi connectivity index (χ0v) is 15.9. The SMILES string of the molecule is COc1cccc(C(=O)CCC(=O)N2CCOC(c3ccc(Cl)cc3)C2)c1. The van der Waals surface area contributed by atoms with Crippen molar-refractivity contribution in [1.29, 1.82) is 0 Å². The summed E-state index contributed by atoms with van der Waals surface area (Å²) < 4.78 is 10.9. The molecule has 1 aliphatic heterocycles. The van der Waals surface area contributed by atoms with Crippen LogP contribution >= 0.6 is 11.6 Å². The summed E-state index contributed by atoms with van der Waals surface area (Å²) in [5, 5.41) is 0.665. The molecule has 142 valence electrons. The number of hydrogen-bond acceptors (Lipinski definition) is 4. The molecule has 0 N–H and O–H groups in total. The summed E-state index contributed by atoms with van der Waals surface area (Å²) in [4.78, 5) is 26.7. The molecule has 0 aliphatic carbocycles. The predicted molar refractivity (Wildman–Crippen MR) is 103 cm³/mol. The average molecular weight is 388 g/mol. The fraction of sp³-hybridized carbons (Fsp3) is 0.333. The Labute approximate surface area is 163 Å². The minimum absolute atomic E-state index is 0.0338. The van der Waals surface area contributed by atoms with E-state index in [-0.39, 0.29) is 30.6 Å². The lowest BCUT2D eigenvalue weighted by atomic mass is 10.0. The van der Waals surface area contributed by atoms with Crippen LogP contribution in [0.2, 0.25) is 5.02 Å². The van der Waals surface area contributed by atoms with Crippen LogP contribution in [0.15, 0.2) is 48.5 Å². The summed E-state index contributed by atoms with van der Waals surface area (Å²) >= 11 is 5.93. The summed E-state index contributed by atoms with van der Waals surface area (Å²) in [5.74, 6) is 0.532. The highest BCUT2D eigenvalue weighted by molar-refractivity contribution is 6.30. The lowest BCUT2D eigenvalue weighted by Crippen LogP contribution is -2.42. The molecule has 1 saturated heterocycles. The molecular weight excluding hydrogens is 366 g/mol. The molecule has 1 heterocycles. The van der Waals surface area contributed by atoms with E-state index in [0.717, 1.165) is 5.56 Å². The van der Waals surface area contributed by atoms with Gasteiger partial charge in [0.15, 0.2) is 5.78 Å². The maximum Gasteiger partial charge on any atom is 0.223 e. The first-order valence-electron chi connectivity index (χ1n) is 8.89. The molecule has 3 rings (SSSR count). The second kappa shape index (κ2) is 9.02. The number of benzene rings is 2. The van der Waals surface area contributed by atoms with Crippen LogP contribution in [0.4, 0.5) is 0 Å². The molecule has 0 saturated carbocycles. The Morgan fingerprint density at radius 2 is 1.96 bits per heavy atom. The van der Waals surface area contributed by atoms with Crippen LogP contribution in [-0.4, -0.2) is 43.4 Å². The number of amides is 1. The van der Waals surface area contributed by atoms with E-state index in [0.29, 0.717) is 36.0 Å². The van der Waals surface area contributed by atoms with Crippen molar-refractivity contribution in [1.82, 2.24) is 4.90 Å². The van der Waals surface area contributed by atoms with Crippen molar-refractivity contribution in [2.24, 2.45) is 0 Å². The largest absolute Gasteiger partial charge is 0.497 e. The number of carbonyl (C=O) groups excluding carboxylic acids is 2. The molecule has 1 atom stereocenters. The molecule has 0 spiro atoms. The van der Waals surface area contributed by atoms with Crippen LogP contribution in [0.3, 0.4) is 0 Å². The number of methoxy groups -OCH3 is 1. The smallest absolute Gasteiger partial charge is 0.223 e. The highest BCUT2D eigenvalue weighted by Gasteiger charge is 2.25. The van der Waals surface area contributed by atoms with Crippen LogP contribution in [0, 0.1) is 0 Å². The number of nitrogens with zero attached hydrogens (tertiary/aromatic N) is 1. The second-order valence-corrected chi connectivity index (χ2v) is 6.84. The average Bonchev–Trinajstić information content (AvgIpc) is 2.72. The number of ether oxygens (including phenoxy) is 2. The third-order valence-corrected chi connectivity index (χ3v) is 4.87. The zero-order chi connectivity index (χ0) is 19.2. The summed E-state index contributed by atoms with van der Waals surface area (Å²) in [5.41, 5.74) is 1.55. The molecule has 2 aromatic carbocycles. The first-order chi connectivity index (χ1) is 13.1. The van der Waals surface area contributed by atoms with Gasteiger partial charge in [-0.2, -0.15) is 0 Å². The van der Waals surface area contributed by atoms with Crippen molar-refractivity contribution in [3.63, 3.8) is 0 Å². The lowest BCUT2D eigenvalue weighted by Gasteiger charge is -2.33. The summed E-state index contributed by atoms with van der Waals surface area (Å²) in [6, 6.07) is 14.4. The molecule has 1 fully saturated rings. The minimum Gasteiger partial charge on any atom is -0.497 e. The van der Waals surface area contributed by atoms with Gasteiger partial charge in [0.25, 0.3) is 0 Å². The Morgan fingerprint density at radius 3 is 2.70 bits per heavy atom. The van der Waals surface area contributed by atoms with E-state index in [1.807, 2.05) is 24.3 Å². The summed E-state index contributed by atoms with van der Waals surface area (Å²) in [6.07, 6.45) is 0.187. The summed E-state index contributed by atoms with van der Waals surface area (Å²) in [6.45, 7) is 1.49. The maximum atomic E-state index is 12.6. The number of rotatable bonds is 6. The summed E-state index contributed by atoms with van der Waals surface area (Å²) in [7, 11) is 1.56. The van der Waals surface area contributed by atoms with Gasteiger partial charge in [-0.05, 0) is 29.8 Å². The van der Waals surface area contributed by atoms with Crippen LogP contribution in [0.5, 0.6) is 5.75 Å². The number of Topliss-reactive ketones (excluding diaryl/α,β-unsaturated/α-hetero) is 1. The molecule has 0 radical (unpaired) electrons. The van der Waals surface area contributed by atoms with Gasteiger partial charge in [0, 0.05) is 30.0 Å². The van der Waals surface area contributed by atoms with E-state index < -0.39 is 0 Å². The highest BCUT2D eigenvalue weighted by atomic mass is 35.5. The van der Waals surface area contributed by atoms with Crippen molar-refractivity contribution < 1.29 is 19.1 Å². The first kappa shape index (κ1) is 19.4. The van der Waals surface area contributed by atoms with Crippen molar-refractivity contribution in [2.45, 2.75) is 18.9 Å². The molecule has 2 aromatic rings. The van der Waals surface area contributed by atoms with E-state index in [1.54, 1.807) is 36.3 Å². The number of hydrogen-bond donors (Lipinski definition) is 0. The predicted octanol–water partition coefficient (Wildman–Crippen LogP) is 3.91. The molecule has 1 aliphatic rings. The third-order valence-electron chi connectivity index (χ3n) is 4.62. The topological polar surface area (TPSA) is 55.8 Å². The molecule has 1 unspecified atom stereocenters. The van der Waals surface area contributed by atoms with Gasteiger partial charge in [-0.15, -0.1) is 0 Å². The number of halogens is 1. The van der Waals surface area contributed by atoms with E-state index in [4.69, 9.17) is 21.1 Å². The van der Waals surface area contributed by atoms with Crippen molar-refractivity contribution >= 4 is 23.3 Å². The molecule has 27 heavy (non-hydrogen) atoms. The molecule has 1 amide bonds. The minimum atomic E-state index is -0.172. The van der Waals surface area contributed by atoms with E-state index in [9.17, 15) is 9.59 Å². The normalized spacial score (nSPS) is 16.8. The number of carbonyl (C=O) groups is 2. The lowest BCUT2D eigenvalue weighted by molar-refractivity contribution is -0.139. The Bertz CT molecular complexity index is 806. The Kier molecular flexibility index (Phi) is 6.48. The first-order valence-corrected chi connectivity index (χ1v) is 9.26. The zero-order valence-electron chi connectivity index (χ0n) is 15.2. The standard InChI is InChI=1S/C21H22ClNO4/c1-26-18-4-2-3-16(13-18)19(24)9-10-21(25)23-11-12-27-20(14-23)15-5-7-17(22)8-6-15/h2-8,13,20H,9-12,14H2,1H3. The van der Waals surface area contributed by atoms with Gasteiger partial charge < -0.3 is 14.4 Å². The van der Waals surface area contributed by atoms with E-state index >= 15 is 0 Å². The van der Waals surface area contributed by atoms with Crippen molar-refractivity contribution in [3.05, 3.63) is 64.7 Å². The van der Waals surface area contributed by atoms with Gasteiger partial charge in [-0.1, -0.05) is 35.9 Å². The van der Waals surface area contributed by atoms with Gasteiger partial charge in [-0.25, -0.2) is 0 Å². The molecule has 5 nitrogen and oxygen atoms in total. The highest BCUT2D eigenvalue weighted by Crippen LogP contribution is 2.24. The van der Waals surface area contributed by atoms with Crippen LogP contribution in [0.1, 0.15) is 34.9 Å². The quantitative estimate of drug-likeness (QED) is 0.705. The second-order valence-electron chi connectivity index (χ2n) is 6.41. The molecular formula is C21H22ClNO4. The Balaban J connectivity index is 1.55. The van der Waals surface area contributed by atoms with E-state index in [2.05, 4.69) is 0 Å². The molecule has 6 heteroatoms. The Hall–Kier alpha value is -2.37. The molecule has 0 aromatic heterocycles. The number of morpholine rings is 1. The van der Waals surface area contributed by atoms with Crippen LogP contribution in [-0.2, 0) is 9.53 Å². The maximum absolute atomic E-state index is 12.6. The van der Waals surface area contributed by atoms with Crippen molar-refractivity contribution in [3.8, 4) is 5.75 Å². The van der Waals surface area contributed by atoms with Crippen molar-refractivity contribution in [2.75, 3.05) is 26.8 Å². The van der Waals surface area contributed by atoms with Gasteiger partial charge in [-0.3, -0.25) is 9.59 Å². The van der Waals surface area contributed by atoms with E-state index in [1.165, 1.54) is 0 Å². The van der Waals surface area contributed by atoms with Gasteiger partial charge >= 0.3 is 0 Å². The van der Waals surface area contributed by atoms with Gasteiger partial charge in [0.05, 0.1) is 20.3 Å².